The van der Waals surface area contributed by atoms with E-state index in [0.29, 0.717) is 34.8 Å². The number of pyridine rings is 1. The summed E-state index contributed by atoms with van der Waals surface area (Å²) >= 11 is 6.31. The van der Waals surface area contributed by atoms with Gasteiger partial charge in [0.25, 0.3) is 5.56 Å². The van der Waals surface area contributed by atoms with E-state index in [1.165, 1.54) is 0 Å². The smallest absolute Gasteiger partial charge is 0.260 e. The van der Waals surface area contributed by atoms with Crippen LogP contribution in [0.1, 0.15) is 19.8 Å². The van der Waals surface area contributed by atoms with Gasteiger partial charge in [0.2, 0.25) is 5.95 Å². The van der Waals surface area contributed by atoms with Gasteiger partial charge in [-0.1, -0.05) is 29.8 Å². The zero-order valence-corrected chi connectivity index (χ0v) is 15.9. The first-order valence-corrected chi connectivity index (χ1v) is 9.55. The first kappa shape index (κ1) is 17.9. The molecule has 0 spiro atoms. The molecule has 0 unspecified atom stereocenters. The number of benzene rings is 1. The lowest BCUT2D eigenvalue weighted by Crippen LogP contribution is -2.29. The summed E-state index contributed by atoms with van der Waals surface area (Å²) in [6, 6.07) is 9.48. The van der Waals surface area contributed by atoms with Gasteiger partial charge in [-0.15, -0.1) is 0 Å². The molecule has 4 rings (SSSR count). The Bertz CT molecular complexity index is 1030. The molecule has 1 aromatic carbocycles. The van der Waals surface area contributed by atoms with Gasteiger partial charge in [-0.05, 0) is 31.9 Å². The second-order valence-electron chi connectivity index (χ2n) is 6.59. The van der Waals surface area contributed by atoms with Crippen molar-refractivity contribution < 1.29 is 4.74 Å². The lowest BCUT2D eigenvalue weighted by atomic mass is 10.1. The fraction of sp³-hybridized carbons (Fsp3) is 0.350. The molecule has 6 nitrogen and oxygen atoms in total. The largest absolute Gasteiger partial charge is 0.381 e. The van der Waals surface area contributed by atoms with E-state index in [-0.39, 0.29) is 5.56 Å². The monoisotopic (exact) mass is 384 g/mol. The Kier molecular flexibility index (Phi) is 5.09. The average Bonchev–Trinajstić information content (AvgIpc) is 2.69. The van der Waals surface area contributed by atoms with Gasteiger partial charge in [-0.25, -0.2) is 4.98 Å². The van der Waals surface area contributed by atoms with Gasteiger partial charge in [0.1, 0.15) is 5.65 Å². The SMILES string of the molecule is CCn1c(=O)c(-c2ccccc2Cl)cc2cnc(NC3CCOCC3)nc21. The Morgan fingerprint density at radius 2 is 2.04 bits per heavy atom. The maximum absolute atomic E-state index is 13.1. The van der Waals surface area contributed by atoms with E-state index in [9.17, 15) is 4.79 Å². The number of fused-ring (bicyclic) bond motifs is 1. The highest BCUT2D eigenvalue weighted by Crippen LogP contribution is 2.27. The van der Waals surface area contributed by atoms with E-state index in [1.54, 1.807) is 16.8 Å². The van der Waals surface area contributed by atoms with Crippen LogP contribution in [0, 0.1) is 0 Å². The van der Waals surface area contributed by atoms with Crippen LogP contribution in [0.5, 0.6) is 0 Å². The minimum Gasteiger partial charge on any atom is -0.381 e. The van der Waals surface area contributed by atoms with Gasteiger partial charge >= 0.3 is 0 Å². The number of aryl methyl sites for hydroxylation is 1. The first-order valence-electron chi connectivity index (χ1n) is 9.17. The van der Waals surface area contributed by atoms with Crippen molar-refractivity contribution in [1.82, 2.24) is 14.5 Å². The predicted molar refractivity (Wildman–Crippen MR) is 107 cm³/mol. The number of ether oxygens (including phenoxy) is 1. The molecule has 1 fully saturated rings. The second-order valence-corrected chi connectivity index (χ2v) is 7.00. The van der Waals surface area contributed by atoms with Crippen LogP contribution < -0.4 is 10.9 Å². The van der Waals surface area contributed by atoms with Crippen molar-refractivity contribution in [1.29, 1.82) is 0 Å². The van der Waals surface area contributed by atoms with E-state index < -0.39 is 0 Å². The molecule has 140 valence electrons. The first-order chi connectivity index (χ1) is 13.2. The lowest BCUT2D eigenvalue weighted by Gasteiger charge is -2.23. The second kappa shape index (κ2) is 7.66. The Morgan fingerprint density at radius 1 is 1.26 bits per heavy atom. The van der Waals surface area contributed by atoms with Crippen LogP contribution in [-0.4, -0.2) is 33.8 Å². The van der Waals surface area contributed by atoms with Crippen molar-refractivity contribution in [3.05, 3.63) is 51.9 Å². The summed E-state index contributed by atoms with van der Waals surface area (Å²) in [6.45, 7) is 3.93. The number of hydrogen-bond donors (Lipinski definition) is 1. The minimum absolute atomic E-state index is 0.103. The minimum atomic E-state index is -0.103. The third-order valence-corrected chi connectivity index (χ3v) is 5.19. The molecular formula is C20H21ClN4O2. The molecule has 2 aromatic heterocycles. The van der Waals surface area contributed by atoms with E-state index in [0.717, 1.165) is 37.0 Å². The highest BCUT2D eigenvalue weighted by molar-refractivity contribution is 6.33. The highest BCUT2D eigenvalue weighted by atomic mass is 35.5. The summed E-state index contributed by atoms with van der Waals surface area (Å²) < 4.78 is 7.06. The normalized spacial score (nSPS) is 15.2. The van der Waals surface area contributed by atoms with Gasteiger partial charge in [-0.3, -0.25) is 9.36 Å². The molecular weight excluding hydrogens is 364 g/mol. The predicted octanol–water partition coefficient (Wildman–Crippen LogP) is 3.72. The molecule has 0 atom stereocenters. The summed E-state index contributed by atoms with van der Waals surface area (Å²) in [4.78, 5) is 22.2. The molecule has 0 amide bonds. The molecule has 1 aliphatic heterocycles. The molecule has 3 heterocycles. The summed E-state index contributed by atoms with van der Waals surface area (Å²) in [6.07, 6.45) is 3.61. The van der Waals surface area contributed by atoms with E-state index >= 15 is 0 Å². The van der Waals surface area contributed by atoms with Crippen molar-refractivity contribution in [3.8, 4) is 11.1 Å². The highest BCUT2D eigenvalue weighted by Gasteiger charge is 2.17. The Hall–Kier alpha value is -2.44. The number of rotatable bonds is 4. The zero-order valence-electron chi connectivity index (χ0n) is 15.1. The number of anilines is 1. The third kappa shape index (κ3) is 3.55. The Balaban J connectivity index is 1.79. The number of nitrogens with one attached hydrogen (secondary N) is 1. The standard InChI is InChI=1S/C20H21ClN4O2/c1-2-25-18-13(11-16(19(25)26)15-5-3-4-6-17(15)21)12-22-20(24-18)23-14-7-9-27-10-8-14/h3-6,11-12,14H,2,7-10H2,1H3,(H,22,23,24). The van der Waals surface area contributed by atoms with Crippen molar-refractivity contribution in [3.63, 3.8) is 0 Å². The Morgan fingerprint density at radius 3 is 2.78 bits per heavy atom. The van der Waals surface area contributed by atoms with Crippen molar-refractivity contribution in [2.75, 3.05) is 18.5 Å². The number of nitrogens with zero attached hydrogens (tertiary/aromatic N) is 3. The van der Waals surface area contributed by atoms with Crippen molar-refractivity contribution in [2.45, 2.75) is 32.4 Å². The fourth-order valence-corrected chi connectivity index (χ4v) is 3.66. The summed E-state index contributed by atoms with van der Waals surface area (Å²) in [5, 5.41) is 4.72. The fourth-order valence-electron chi connectivity index (χ4n) is 3.42. The van der Waals surface area contributed by atoms with Crippen LogP contribution in [0.25, 0.3) is 22.2 Å². The van der Waals surface area contributed by atoms with Crippen LogP contribution >= 0.6 is 11.6 Å². The summed E-state index contributed by atoms with van der Waals surface area (Å²) in [7, 11) is 0. The topological polar surface area (TPSA) is 69.0 Å². The molecule has 0 saturated carbocycles. The van der Waals surface area contributed by atoms with E-state index in [2.05, 4.69) is 15.3 Å². The zero-order chi connectivity index (χ0) is 18.8. The Labute approximate surface area is 162 Å². The average molecular weight is 385 g/mol. The van der Waals surface area contributed by atoms with Crippen LogP contribution in [0.4, 0.5) is 5.95 Å². The lowest BCUT2D eigenvalue weighted by molar-refractivity contribution is 0.0903. The van der Waals surface area contributed by atoms with Gasteiger partial charge in [0.15, 0.2) is 0 Å². The van der Waals surface area contributed by atoms with Gasteiger partial charge in [0.05, 0.1) is 0 Å². The molecule has 1 saturated heterocycles. The number of hydrogen-bond acceptors (Lipinski definition) is 5. The van der Waals surface area contributed by atoms with E-state index in [1.807, 2.05) is 31.2 Å². The molecule has 27 heavy (non-hydrogen) atoms. The molecule has 1 aliphatic rings. The van der Waals surface area contributed by atoms with Crippen LogP contribution in [0.3, 0.4) is 0 Å². The number of halogens is 1. The van der Waals surface area contributed by atoms with Crippen LogP contribution in [-0.2, 0) is 11.3 Å². The molecule has 0 bridgehead atoms. The number of aromatic nitrogens is 3. The molecule has 3 aromatic rings. The molecule has 0 aliphatic carbocycles. The van der Waals surface area contributed by atoms with Gasteiger partial charge in [0, 0.05) is 53.5 Å². The van der Waals surface area contributed by atoms with Crippen molar-refractivity contribution >= 4 is 28.6 Å². The molecule has 7 heteroatoms. The summed E-state index contributed by atoms with van der Waals surface area (Å²) in [5.41, 5.74) is 1.80. The molecule has 0 radical (unpaired) electrons. The molecule has 1 N–H and O–H groups in total. The maximum atomic E-state index is 13.1. The van der Waals surface area contributed by atoms with Crippen LogP contribution in [0.15, 0.2) is 41.3 Å². The van der Waals surface area contributed by atoms with Gasteiger partial charge < -0.3 is 10.1 Å². The van der Waals surface area contributed by atoms with Crippen LogP contribution in [0.2, 0.25) is 5.02 Å². The maximum Gasteiger partial charge on any atom is 0.260 e. The summed E-state index contributed by atoms with van der Waals surface area (Å²) in [5.74, 6) is 0.543. The third-order valence-electron chi connectivity index (χ3n) is 4.86. The van der Waals surface area contributed by atoms with E-state index in [4.69, 9.17) is 16.3 Å². The quantitative estimate of drug-likeness (QED) is 0.742. The van der Waals surface area contributed by atoms with Crippen molar-refractivity contribution in [2.24, 2.45) is 0 Å². The van der Waals surface area contributed by atoms with Gasteiger partial charge in [-0.2, -0.15) is 4.98 Å².